The Labute approximate surface area is 162 Å². The van der Waals surface area contributed by atoms with E-state index in [-0.39, 0.29) is 36.6 Å². The normalized spacial score (nSPS) is 38.1. The van der Waals surface area contributed by atoms with Gasteiger partial charge in [-0.3, -0.25) is 4.79 Å². The highest BCUT2D eigenvalue weighted by Crippen LogP contribution is 2.55. The maximum atomic E-state index is 13.4. The highest BCUT2D eigenvalue weighted by molar-refractivity contribution is 5.95. The number of anilines is 1. The number of nitrogens with zero attached hydrogens (tertiary/aromatic N) is 2. The summed E-state index contributed by atoms with van der Waals surface area (Å²) in [7, 11) is 1.66. The first-order chi connectivity index (χ1) is 13.3. The minimum atomic E-state index is -2.68. The van der Waals surface area contributed by atoms with E-state index in [1.54, 1.807) is 7.05 Å². The average molecular weight is 392 g/mol. The summed E-state index contributed by atoms with van der Waals surface area (Å²) in [5, 5.41) is 16.7. The predicted molar refractivity (Wildman–Crippen MR) is 98.3 cm³/mol. The van der Waals surface area contributed by atoms with E-state index in [2.05, 4.69) is 20.6 Å². The number of carbonyl (C=O) groups excluding carboxylic acids is 1. The van der Waals surface area contributed by atoms with Gasteiger partial charge in [0.25, 0.3) is 5.91 Å². The molecule has 3 N–H and O–H groups in total. The van der Waals surface area contributed by atoms with E-state index >= 15 is 0 Å². The minimum absolute atomic E-state index is 0.0315. The van der Waals surface area contributed by atoms with Gasteiger partial charge in [-0.25, -0.2) is 18.7 Å². The summed E-state index contributed by atoms with van der Waals surface area (Å²) >= 11 is 0. The van der Waals surface area contributed by atoms with Crippen molar-refractivity contribution >= 4 is 11.9 Å². The minimum Gasteiger partial charge on any atom is -0.390 e. The Morgan fingerprint density at radius 3 is 2.43 bits per heavy atom. The smallest absolute Gasteiger partial charge is 0.254 e. The van der Waals surface area contributed by atoms with Gasteiger partial charge in [0, 0.05) is 38.0 Å². The zero-order valence-corrected chi connectivity index (χ0v) is 15.9. The van der Waals surface area contributed by atoms with Crippen LogP contribution >= 0.6 is 0 Å². The molecule has 4 bridgehead atoms. The van der Waals surface area contributed by atoms with Gasteiger partial charge >= 0.3 is 0 Å². The Morgan fingerprint density at radius 1 is 1.18 bits per heavy atom. The van der Waals surface area contributed by atoms with Crippen LogP contribution in [0.25, 0.3) is 0 Å². The molecule has 1 heterocycles. The fourth-order valence-electron chi connectivity index (χ4n) is 6.30. The number of aliphatic hydroxyl groups is 1. The van der Waals surface area contributed by atoms with Crippen LogP contribution in [0.1, 0.15) is 66.9 Å². The van der Waals surface area contributed by atoms with E-state index in [1.165, 1.54) is 6.20 Å². The summed E-state index contributed by atoms with van der Waals surface area (Å²) in [5.74, 6) is -1.92. The van der Waals surface area contributed by atoms with Crippen LogP contribution < -0.4 is 10.6 Å². The van der Waals surface area contributed by atoms with E-state index in [1.807, 2.05) is 0 Å². The van der Waals surface area contributed by atoms with Crippen LogP contribution in [0.4, 0.5) is 14.7 Å². The molecule has 0 spiro atoms. The number of aromatic nitrogens is 2. The number of nitrogens with one attached hydrogen (secondary N) is 2. The topological polar surface area (TPSA) is 87.1 Å². The summed E-state index contributed by atoms with van der Waals surface area (Å²) in [6.07, 6.45) is 5.34. The van der Waals surface area contributed by atoms with Gasteiger partial charge in [-0.15, -0.1) is 0 Å². The number of amides is 1. The molecular formula is C20H26F2N4O2. The molecular weight excluding hydrogens is 366 g/mol. The van der Waals surface area contributed by atoms with Crippen molar-refractivity contribution in [1.82, 2.24) is 15.3 Å². The fraction of sp³-hybridized carbons (Fsp3) is 0.750. The molecule has 5 aliphatic rings. The van der Waals surface area contributed by atoms with Crippen LogP contribution in [0, 0.1) is 17.8 Å². The molecule has 0 aliphatic heterocycles. The number of hydrogen-bond donors (Lipinski definition) is 3. The molecule has 8 heteroatoms. The first-order valence-electron chi connectivity index (χ1n) is 10.2. The van der Waals surface area contributed by atoms with Crippen LogP contribution in [0.2, 0.25) is 0 Å². The van der Waals surface area contributed by atoms with Crippen molar-refractivity contribution in [3.8, 4) is 0 Å². The summed E-state index contributed by atoms with van der Waals surface area (Å²) in [6, 6.07) is 0.0315. The molecule has 0 aromatic carbocycles. The monoisotopic (exact) mass is 392 g/mol. The Kier molecular flexibility index (Phi) is 3.96. The zero-order chi connectivity index (χ0) is 19.7. The van der Waals surface area contributed by atoms with Crippen molar-refractivity contribution in [3.63, 3.8) is 0 Å². The maximum absolute atomic E-state index is 13.4. The van der Waals surface area contributed by atoms with Crippen molar-refractivity contribution in [1.29, 1.82) is 0 Å². The van der Waals surface area contributed by atoms with Crippen molar-refractivity contribution in [2.45, 2.75) is 68.4 Å². The molecule has 0 saturated heterocycles. The summed E-state index contributed by atoms with van der Waals surface area (Å²) in [6.45, 7) is 0. The van der Waals surface area contributed by atoms with Gasteiger partial charge in [0.1, 0.15) is 0 Å². The van der Waals surface area contributed by atoms with Gasteiger partial charge in [-0.2, -0.15) is 0 Å². The van der Waals surface area contributed by atoms with Gasteiger partial charge in [0.05, 0.1) is 16.9 Å². The second kappa shape index (κ2) is 6.08. The van der Waals surface area contributed by atoms with Gasteiger partial charge < -0.3 is 15.7 Å². The summed E-state index contributed by atoms with van der Waals surface area (Å²) in [5.41, 5.74) is 0.148. The van der Waals surface area contributed by atoms with Gasteiger partial charge in [-0.05, 0) is 49.9 Å². The van der Waals surface area contributed by atoms with Gasteiger partial charge in [0.15, 0.2) is 0 Å². The molecule has 152 valence electrons. The highest BCUT2D eigenvalue weighted by atomic mass is 19.3. The molecule has 6 rings (SSSR count). The van der Waals surface area contributed by atoms with E-state index in [0.29, 0.717) is 23.1 Å². The molecule has 1 amide bonds. The third kappa shape index (κ3) is 2.96. The Bertz CT molecular complexity index is 793. The first-order valence-corrected chi connectivity index (χ1v) is 10.2. The van der Waals surface area contributed by atoms with Gasteiger partial charge in [-0.1, -0.05) is 0 Å². The molecule has 0 radical (unpaired) electrons. The molecule has 28 heavy (non-hydrogen) atoms. The first kappa shape index (κ1) is 18.2. The van der Waals surface area contributed by atoms with E-state index in [0.717, 1.165) is 32.1 Å². The molecule has 5 fully saturated rings. The maximum Gasteiger partial charge on any atom is 0.254 e. The Balaban J connectivity index is 1.37. The lowest BCUT2D eigenvalue weighted by Gasteiger charge is -2.58. The standard InChI is InChI=1S/C20H26F2N4O2/c1-23-18-24-9-14(16(26-18)13-7-20(21,22)8-13)17(27)25-15-11-2-10-3-12(15)6-19(28,4-10)5-11/h9-13,15,28H,2-8H2,1H3,(H,25,27)(H,23,24,26). The quantitative estimate of drug-likeness (QED) is 0.733. The van der Waals surface area contributed by atoms with Crippen molar-refractivity contribution in [2.24, 2.45) is 17.8 Å². The van der Waals surface area contributed by atoms with E-state index in [9.17, 15) is 18.7 Å². The Morgan fingerprint density at radius 2 is 1.86 bits per heavy atom. The SMILES string of the molecule is CNc1ncc(C(=O)NC2C3CC4CC2CC(O)(C4)C3)c(C2CC(F)(F)C2)n1. The van der Waals surface area contributed by atoms with Crippen molar-refractivity contribution in [2.75, 3.05) is 12.4 Å². The largest absolute Gasteiger partial charge is 0.390 e. The molecule has 2 atom stereocenters. The molecule has 5 saturated carbocycles. The number of carbonyl (C=O) groups is 1. The molecule has 1 aromatic heterocycles. The van der Waals surface area contributed by atoms with Crippen molar-refractivity contribution in [3.05, 3.63) is 17.5 Å². The molecule has 1 aromatic rings. The lowest BCUT2D eigenvalue weighted by atomic mass is 9.52. The van der Waals surface area contributed by atoms with Crippen LogP contribution in [0.3, 0.4) is 0 Å². The third-order valence-corrected chi connectivity index (χ3v) is 7.30. The summed E-state index contributed by atoms with van der Waals surface area (Å²) in [4.78, 5) is 21.6. The average Bonchev–Trinajstić information content (AvgIpc) is 2.60. The molecule has 6 nitrogen and oxygen atoms in total. The third-order valence-electron chi connectivity index (χ3n) is 7.30. The van der Waals surface area contributed by atoms with Gasteiger partial charge in [0.2, 0.25) is 11.9 Å². The molecule has 5 aliphatic carbocycles. The van der Waals surface area contributed by atoms with Crippen LogP contribution in [0.15, 0.2) is 6.20 Å². The predicted octanol–water partition coefficient (Wildman–Crippen LogP) is 2.70. The second-order valence-corrected chi connectivity index (χ2v) is 9.40. The molecule has 2 unspecified atom stereocenters. The van der Waals surface area contributed by atoms with Crippen LogP contribution in [-0.2, 0) is 0 Å². The van der Waals surface area contributed by atoms with Crippen LogP contribution in [-0.4, -0.2) is 45.6 Å². The summed E-state index contributed by atoms with van der Waals surface area (Å²) < 4.78 is 26.8. The number of alkyl halides is 2. The van der Waals surface area contributed by atoms with E-state index in [4.69, 9.17) is 0 Å². The second-order valence-electron chi connectivity index (χ2n) is 9.40. The lowest BCUT2D eigenvalue weighted by molar-refractivity contribution is -0.136. The highest BCUT2D eigenvalue weighted by Gasteiger charge is 2.55. The fourth-order valence-corrected chi connectivity index (χ4v) is 6.30. The van der Waals surface area contributed by atoms with E-state index < -0.39 is 17.4 Å². The Hall–Kier alpha value is -1.83. The number of hydrogen-bond acceptors (Lipinski definition) is 5. The van der Waals surface area contributed by atoms with Crippen LogP contribution in [0.5, 0.6) is 0 Å². The number of rotatable bonds is 4. The van der Waals surface area contributed by atoms with Crippen molar-refractivity contribution < 1.29 is 18.7 Å². The number of halogens is 2. The zero-order valence-electron chi connectivity index (χ0n) is 15.9. The lowest BCUT2D eigenvalue weighted by Crippen LogP contribution is -2.61.